The Bertz CT molecular complexity index is 1640. The van der Waals surface area contributed by atoms with Crippen LogP contribution in [0.4, 0.5) is 0 Å². The van der Waals surface area contributed by atoms with Gasteiger partial charge >= 0.3 is 6.85 Å². The molecule has 5 aromatic carbocycles. The minimum atomic E-state index is -1.99. The number of rotatable bonds is 6. The highest BCUT2D eigenvalue weighted by Gasteiger charge is 2.45. The van der Waals surface area contributed by atoms with E-state index in [1.165, 1.54) is 50.0 Å². The Labute approximate surface area is 240 Å². The van der Waals surface area contributed by atoms with E-state index >= 15 is 0 Å². The molecule has 0 saturated carbocycles. The van der Waals surface area contributed by atoms with Crippen LogP contribution in [-0.2, 0) is 0 Å². The molecule has 194 valence electrons. The van der Waals surface area contributed by atoms with Gasteiger partial charge in [0.05, 0.1) is 0 Å². The predicted octanol–water partition coefficient (Wildman–Crippen LogP) is 8.75. The molecule has 0 spiro atoms. The average molecular weight is 532 g/mol. The van der Waals surface area contributed by atoms with Crippen LogP contribution in [0.1, 0.15) is 22.3 Å². The van der Waals surface area contributed by atoms with Crippen LogP contribution < -0.4 is 5.46 Å². The van der Waals surface area contributed by atoms with Crippen molar-refractivity contribution in [2.75, 3.05) is 0 Å². The molecule has 0 atom stereocenters. The summed E-state index contributed by atoms with van der Waals surface area (Å²) in [4.78, 5) is 0. The molecule has 1 aliphatic heterocycles. The van der Waals surface area contributed by atoms with Crippen LogP contribution in [0.3, 0.4) is 0 Å². The molecule has 0 bridgehead atoms. The average Bonchev–Trinajstić information content (AvgIpc) is 3.01. The zero-order chi connectivity index (χ0) is 27.5. The molecule has 0 fully saturated rings. The topological polar surface area (TPSA) is 3.24 Å². The molecule has 5 aromatic rings. The molecule has 0 aromatic heterocycles. The van der Waals surface area contributed by atoms with Crippen LogP contribution in [-0.4, -0.2) is 19.6 Å². The number of benzene rings is 5. The lowest BCUT2D eigenvalue weighted by atomic mass is 9.45. The Morgan fingerprint density at radius 3 is 1.25 bits per heavy atom. The maximum Gasteiger partial charge on any atom is 0.316 e. The number of allylic oxidation sites excluding steroid dienone is 2. The van der Waals surface area contributed by atoms with Gasteiger partial charge in [0, 0.05) is 11.3 Å². The van der Waals surface area contributed by atoms with Gasteiger partial charge in [-0.05, 0) is 33.3 Å². The fourth-order valence-electron chi connectivity index (χ4n) is 6.03. The standard InChI is InChI=1S/C37H34BNSi/c1-40(2,3)39-37(32-25-15-7-16-26-32)35(30-21-11-5-12-22-30)34(29-19-9-4-10-20-29)36(31-23-13-6-14-24-31)38(39)33-27-17-8-18-28-33/h4-28H,1-3H3. The van der Waals surface area contributed by atoms with E-state index in [2.05, 4.69) is 176 Å². The summed E-state index contributed by atoms with van der Waals surface area (Å²) in [5, 5.41) is 0. The molecule has 3 heteroatoms. The Hall–Kier alpha value is -4.34. The molecule has 0 amide bonds. The Morgan fingerprint density at radius 2 is 0.800 bits per heavy atom. The minimum absolute atomic E-state index is 0.0631. The van der Waals surface area contributed by atoms with Crippen molar-refractivity contribution in [3.8, 4) is 0 Å². The fraction of sp³-hybridized carbons (Fsp3) is 0.0811. The molecule has 0 aliphatic carbocycles. The van der Waals surface area contributed by atoms with E-state index in [4.69, 9.17) is 0 Å². The largest absolute Gasteiger partial charge is 0.434 e. The molecule has 1 nitrogen and oxygen atoms in total. The van der Waals surface area contributed by atoms with Gasteiger partial charge in [-0.2, -0.15) is 0 Å². The van der Waals surface area contributed by atoms with Gasteiger partial charge in [-0.25, -0.2) is 0 Å². The first-order valence-electron chi connectivity index (χ1n) is 14.1. The van der Waals surface area contributed by atoms with Crippen molar-refractivity contribution < 1.29 is 0 Å². The van der Waals surface area contributed by atoms with E-state index in [9.17, 15) is 0 Å². The Balaban J connectivity index is 1.85. The second-order valence-electron chi connectivity index (χ2n) is 11.3. The Kier molecular flexibility index (Phi) is 7.15. The quantitative estimate of drug-likeness (QED) is 0.198. The van der Waals surface area contributed by atoms with Gasteiger partial charge in [-0.15, -0.1) is 0 Å². The highest BCUT2D eigenvalue weighted by Crippen LogP contribution is 2.50. The third-order valence-corrected chi connectivity index (χ3v) is 9.55. The summed E-state index contributed by atoms with van der Waals surface area (Å²) in [7, 11) is -1.99. The third kappa shape index (κ3) is 4.89. The van der Waals surface area contributed by atoms with E-state index in [-0.39, 0.29) is 6.85 Å². The van der Waals surface area contributed by atoms with E-state index < -0.39 is 8.24 Å². The molecule has 1 aliphatic rings. The SMILES string of the molecule is C[Si](C)(C)N1B(c2ccccc2)C(c2ccccc2)=C(c2ccccc2)C(c2ccccc2)=C1c1ccccc1. The summed E-state index contributed by atoms with van der Waals surface area (Å²) in [5.41, 5.74) is 11.6. The van der Waals surface area contributed by atoms with Crippen LogP contribution >= 0.6 is 0 Å². The number of hydrogen-bond donors (Lipinski definition) is 0. The first kappa shape index (κ1) is 25.9. The number of nitrogens with zero attached hydrogens (tertiary/aromatic N) is 1. The molecule has 40 heavy (non-hydrogen) atoms. The molecular weight excluding hydrogens is 497 g/mol. The smallest absolute Gasteiger partial charge is 0.316 e. The lowest BCUT2D eigenvalue weighted by molar-refractivity contribution is 0.905. The summed E-state index contributed by atoms with van der Waals surface area (Å²) in [6.45, 7) is 7.49. The van der Waals surface area contributed by atoms with E-state index in [0.29, 0.717) is 0 Å². The second kappa shape index (κ2) is 11.0. The summed E-state index contributed by atoms with van der Waals surface area (Å²) in [6.07, 6.45) is 0. The minimum Gasteiger partial charge on any atom is -0.434 e. The van der Waals surface area contributed by atoms with Crippen molar-refractivity contribution in [3.63, 3.8) is 0 Å². The normalized spacial score (nSPS) is 14.1. The first-order chi connectivity index (χ1) is 19.5. The van der Waals surface area contributed by atoms with Crippen molar-refractivity contribution >= 4 is 42.9 Å². The van der Waals surface area contributed by atoms with Gasteiger partial charge in [0.25, 0.3) is 0 Å². The molecule has 6 rings (SSSR count). The van der Waals surface area contributed by atoms with Crippen molar-refractivity contribution in [2.45, 2.75) is 19.6 Å². The summed E-state index contributed by atoms with van der Waals surface area (Å²) >= 11 is 0. The van der Waals surface area contributed by atoms with Gasteiger partial charge < -0.3 is 4.48 Å². The van der Waals surface area contributed by atoms with Gasteiger partial charge in [-0.3, -0.25) is 0 Å². The van der Waals surface area contributed by atoms with E-state index in [1.807, 2.05) is 0 Å². The van der Waals surface area contributed by atoms with Crippen LogP contribution in [0.5, 0.6) is 0 Å². The maximum atomic E-state index is 2.80. The summed E-state index contributed by atoms with van der Waals surface area (Å²) in [6, 6.07) is 55.1. The fourth-order valence-corrected chi connectivity index (χ4v) is 8.00. The molecule has 0 unspecified atom stereocenters. The molecule has 1 heterocycles. The van der Waals surface area contributed by atoms with E-state index in [1.54, 1.807) is 0 Å². The van der Waals surface area contributed by atoms with Crippen LogP contribution in [0.25, 0.3) is 22.3 Å². The third-order valence-electron chi connectivity index (χ3n) is 7.62. The van der Waals surface area contributed by atoms with Gasteiger partial charge in [0.15, 0.2) is 0 Å². The van der Waals surface area contributed by atoms with Crippen LogP contribution in [0.15, 0.2) is 152 Å². The second-order valence-corrected chi connectivity index (χ2v) is 16.2. The maximum absolute atomic E-state index is 2.80. The molecule has 0 radical (unpaired) electrons. The van der Waals surface area contributed by atoms with Crippen molar-refractivity contribution in [3.05, 3.63) is 174 Å². The zero-order valence-corrected chi connectivity index (χ0v) is 24.5. The predicted molar refractivity (Wildman–Crippen MR) is 176 cm³/mol. The lowest BCUT2D eigenvalue weighted by Gasteiger charge is -2.49. The Morgan fingerprint density at radius 1 is 0.425 bits per heavy atom. The summed E-state index contributed by atoms with van der Waals surface area (Å²) in [5.74, 6) is 0. The van der Waals surface area contributed by atoms with Crippen molar-refractivity contribution in [1.82, 2.24) is 4.48 Å². The highest BCUT2D eigenvalue weighted by atomic mass is 28.3. The van der Waals surface area contributed by atoms with Crippen LogP contribution in [0.2, 0.25) is 19.6 Å². The molecule has 0 saturated heterocycles. The van der Waals surface area contributed by atoms with Gasteiger partial charge in [0.2, 0.25) is 0 Å². The van der Waals surface area contributed by atoms with Crippen molar-refractivity contribution in [1.29, 1.82) is 0 Å². The van der Waals surface area contributed by atoms with E-state index in [0.717, 1.165) is 0 Å². The van der Waals surface area contributed by atoms with Crippen LogP contribution in [0, 0.1) is 0 Å². The lowest BCUT2D eigenvalue weighted by Crippen LogP contribution is -2.60. The molecular formula is C37H34BNSi. The van der Waals surface area contributed by atoms with Crippen molar-refractivity contribution in [2.24, 2.45) is 0 Å². The zero-order valence-electron chi connectivity index (χ0n) is 23.5. The summed E-state index contributed by atoms with van der Waals surface area (Å²) < 4.78 is 2.80. The van der Waals surface area contributed by atoms with Gasteiger partial charge in [0.1, 0.15) is 8.24 Å². The van der Waals surface area contributed by atoms with Gasteiger partial charge in [-0.1, -0.05) is 177 Å². The first-order valence-corrected chi connectivity index (χ1v) is 17.5. The molecule has 0 N–H and O–H groups in total. The highest BCUT2D eigenvalue weighted by molar-refractivity contribution is 7.00. The number of hydrogen-bond acceptors (Lipinski definition) is 1. The monoisotopic (exact) mass is 531 g/mol.